The maximum atomic E-state index is 12.1. The van der Waals surface area contributed by atoms with Crippen LogP contribution in [-0.4, -0.2) is 37.9 Å². The van der Waals surface area contributed by atoms with E-state index in [1.165, 1.54) is 19.2 Å². The number of aromatic amines is 3. The number of aromatic hydroxyl groups is 1. The lowest BCUT2D eigenvalue weighted by Gasteiger charge is -2.10. The highest BCUT2D eigenvalue weighted by molar-refractivity contribution is 5.84. The summed E-state index contributed by atoms with van der Waals surface area (Å²) < 4.78 is 5.93. The van der Waals surface area contributed by atoms with Crippen molar-refractivity contribution in [2.75, 3.05) is 7.11 Å². The number of aromatic nitrogens is 4. The molecule has 138 valence electrons. The largest absolute Gasteiger partial charge is 0.497 e. The van der Waals surface area contributed by atoms with E-state index in [0.717, 1.165) is 17.0 Å². The van der Waals surface area contributed by atoms with E-state index in [9.17, 15) is 24.3 Å². The van der Waals surface area contributed by atoms with Crippen LogP contribution in [0.25, 0.3) is 5.69 Å². The second-order valence-electron chi connectivity index (χ2n) is 5.25. The first-order valence-electron chi connectivity index (χ1n) is 7.49. The predicted octanol–water partition coefficient (Wildman–Crippen LogP) is -0.633. The highest BCUT2D eigenvalue weighted by atomic mass is 16.5. The molecule has 2 heterocycles. The zero-order valence-corrected chi connectivity index (χ0v) is 13.8. The molecule has 0 aliphatic carbocycles. The van der Waals surface area contributed by atoms with Crippen molar-refractivity contribution in [3.63, 3.8) is 0 Å². The summed E-state index contributed by atoms with van der Waals surface area (Å²) in [6, 6.07) is 6.24. The average Bonchev–Trinajstić information content (AvgIpc) is 2.63. The quantitative estimate of drug-likeness (QED) is 0.446. The maximum absolute atomic E-state index is 12.1. The molecular formula is C16H13N5O6. The SMILES string of the molecule is COc1cccc(-n2c(O)c(C=Nc3c[nH]c(=O)[nH]c3=O)c(=O)[nH]c2=O)c1. The number of aliphatic imine (C=N–C) groups is 1. The van der Waals surface area contributed by atoms with Crippen LogP contribution in [0.3, 0.4) is 0 Å². The first-order chi connectivity index (χ1) is 12.9. The monoisotopic (exact) mass is 371 g/mol. The molecule has 11 heteroatoms. The minimum atomic E-state index is -0.902. The van der Waals surface area contributed by atoms with E-state index in [1.807, 2.05) is 4.98 Å². The fourth-order valence-electron chi connectivity index (χ4n) is 2.28. The topological polar surface area (TPSA) is 162 Å². The summed E-state index contributed by atoms with van der Waals surface area (Å²) in [6.07, 6.45) is 1.95. The lowest BCUT2D eigenvalue weighted by atomic mass is 10.2. The van der Waals surface area contributed by atoms with Crippen molar-refractivity contribution in [2.45, 2.75) is 0 Å². The number of nitrogens with one attached hydrogen (secondary N) is 3. The molecule has 0 bridgehead atoms. The number of methoxy groups -OCH3 is 1. The van der Waals surface area contributed by atoms with Gasteiger partial charge in [-0.2, -0.15) is 0 Å². The summed E-state index contributed by atoms with van der Waals surface area (Å²) in [5.74, 6) is -0.249. The maximum Gasteiger partial charge on any atom is 0.335 e. The van der Waals surface area contributed by atoms with E-state index >= 15 is 0 Å². The van der Waals surface area contributed by atoms with Crippen molar-refractivity contribution in [1.29, 1.82) is 0 Å². The Morgan fingerprint density at radius 3 is 2.63 bits per heavy atom. The second kappa shape index (κ2) is 7.00. The molecule has 11 nitrogen and oxygen atoms in total. The van der Waals surface area contributed by atoms with Gasteiger partial charge in [0.2, 0.25) is 5.88 Å². The second-order valence-corrected chi connectivity index (χ2v) is 5.25. The molecule has 0 saturated heterocycles. The third-order valence-electron chi connectivity index (χ3n) is 3.56. The Balaban J connectivity index is 2.16. The lowest BCUT2D eigenvalue weighted by molar-refractivity contribution is 0.412. The Labute approximate surface area is 149 Å². The highest BCUT2D eigenvalue weighted by Gasteiger charge is 2.15. The van der Waals surface area contributed by atoms with Crippen LogP contribution >= 0.6 is 0 Å². The summed E-state index contributed by atoms with van der Waals surface area (Å²) in [7, 11) is 1.44. The van der Waals surface area contributed by atoms with Crippen molar-refractivity contribution < 1.29 is 9.84 Å². The van der Waals surface area contributed by atoms with Crippen LogP contribution < -0.4 is 27.2 Å². The van der Waals surface area contributed by atoms with Crippen molar-refractivity contribution in [1.82, 2.24) is 19.5 Å². The molecule has 0 radical (unpaired) electrons. The van der Waals surface area contributed by atoms with Gasteiger partial charge < -0.3 is 14.8 Å². The van der Waals surface area contributed by atoms with Gasteiger partial charge >= 0.3 is 11.4 Å². The van der Waals surface area contributed by atoms with Gasteiger partial charge in [0, 0.05) is 18.5 Å². The summed E-state index contributed by atoms with van der Waals surface area (Å²) >= 11 is 0. The Morgan fingerprint density at radius 1 is 1.15 bits per heavy atom. The van der Waals surface area contributed by atoms with Crippen LogP contribution in [-0.2, 0) is 0 Å². The molecule has 3 aromatic rings. The molecule has 0 unspecified atom stereocenters. The number of benzene rings is 1. The van der Waals surface area contributed by atoms with Crippen molar-refractivity contribution in [2.24, 2.45) is 4.99 Å². The molecule has 3 rings (SSSR count). The van der Waals surface area contributed by atoms with Gasteiger partial charge in [0.15, 0.2) is 0 Å². The number of ether oxygens (including phenoxy) is 1. The molecule has 1 aromatic carbocycles. The first-order valence-corrected chi connectivity index (χ1v) is 7.49. The standard InChI is InChI=1S/C16H13N5O6/c1-27-9-4-2-3-8(5-9)21-14(24)10(12(22)20-16(21)26)6-17-11-7-18-15(25)19-13(11)23/h2-7,24H,1H3,(H,20,22,26)(H2,18,19,23,25). The van der Waals surface area contributed by atoms with Crippen molar-refractivity contribution >= 4 is 11.9 Å². The summed E-state index contributed by atoms with van der Waals surface area (Å²) in [5.41, 5.74) is -3.59. The molecule has 4 N–H and O–H groups in total. The van der Waals surface area contributed by atoms with E-state index in [-0.39, 0.29) is 16.9 Å². The number of hydrogen-bond donors (Lipinski definition) is 4. The molecule has 2 aromatic heterocycles. The zero-order valence-electron chi connectivity index (χ0n) is 13.8. The van der Waals surface area contributed by atoms with Gasteiger partial charge in [-0.25, -0.2) is 19.1 Å². The number of H-pyrrole nitrogens is 3. The Hall–Kier alpha value is -4.15. The normalized spacial score (nSPS) is 11.0. The minimum absolute atomic E-state index is 0.201. The molecule has 0 atom stereocenters. The third-order valence-corrected chi connectivity index (χ3v) is 3.56. The van der Waals surface area contributed by atoms with Crippen LogP contribution in [0.2, 0.25) is 0 Å². The van der Waals surface area contributed by atoms with E-state index < -0.39 is 28.4 Å². The Morgan fingerprint density at radius 2 is 1.93 bits per heavy atom. The van der Waals surface area contributed by atoms with Gasteiger partial charge in [-0.1, -0.05) is 6.07 Å². The van der Waals surface area contributed by atoms with Crippen LogP contribution in [0.15, 0.2) is 54.6 Å². The lowest BCUT2D eigenvalue weighted by Crippen LogP contribution is -2.31. The summed E-state index contributed by atoms with van der Waals surface area (Å²) in [6.45, 7) is 0. The molecule has 0 aliphatic heterocycles. The number of rotatable bonds is 4. The Bertz CT molecular complexity index is 1260. The summed E-state index contributed by atoms with van der Waals surface area (Å²) in [4.78, 5) is 56.9. The predicted molar refractivity (Wildman–Crippen MR) is 95.8 cm³/mol. The highest BCUT2D eigenvalue weighted by Crippen LogP contribution is 2.20. The van der Waals surface area contributed by atoms with E-state index in [0.29, 0.717) is 5.75 Å². The molecule has 0 spiro atoms. The molecule has 0 aliphatic rings. The number of hydrogen-bond acceptors (Lipinski definition) is 7. The van der Waals surface area contributed by atoms with E-state index in [2.05, 4.69) is 15.0 Å². The first kappa shape index (κ1) is 17.7. The average molecular weight is 371 g/mol. The van der Waals surface area contributed by atoms with Crippen molar-refractivity contribution in [3.05, 3.63) is 77.7 Å². The van der Waals surface area contributed by atoms with Crippen LogP contribution in [0.4, 0.5) is 5.69 Å². The number of nitrogens with zero attached hydrogens (tertiary/aromatic N) is 2. The van der Waals surface area contributed by atoms with Crippen LogP contribution in [0.5, 0.6) is 11.6 Å². The smallest absolute Gasteiger partial charge is 0.335 e. The Kier molecular flexibility index (Phi) is 4.58. The van der Waals surface area contributed by atoms with Gasteiger partial charge in [0.1, 0.15) is 17.0 Å². The van der Waals surface area contributed by atoms with Crippen LogP contribution in [0, 0.1) is 0 Å². The third kappa shape index (κ3) is 3.46. The summed E-state index contributed by atoms with van der Waals surface area (Å²) in [5, 5.41) is 10.4. The van der Waals surface area contributed by atoms with Crippen molar-refractivity contribution in [3.8, 4) is 17.3 Å². The van der Waals surface area contributed by atoms with E-state index in [4.69, 9.17) is 4.74 Å². The molecule has 27 heavy (non-hydrogen) atoms. The minimum Gasteiger partial charge on any atom is -0.497 e. The molecule has 0 fully saturated rings. The van der Waals surface area contributed by atoms with Gasteiger partial charge in [-0.3, -0.25) is 19.6 Å². The van der Waals surface area contributed by atoms with Gasteiger partial charge in [-0.15, -0.1) is 0 Å². The molecule has 0 amide bonds. The molecule has 0 saturated carbocycles. The van der Waals surface area contributed by atoms with Gasteiger partial charge in [0.05, 0.1) is 12.8 Å². The van der Waals surface area contributed by atoms with Gasteiger partial charge in [-0.05, 0) is 12.1 Å². The van der Waals surface area contributed by atoms with Gasteiger partial charge in [0.25, 0.3) is 11.1 Å². The fraction of sp³-hybridized carbons (Fsp3) is 0.0625. The zero-order chi connectivity index (χ0) is 19.6. The molecular weight excluding hydrogens is 358 g/mol. The van der Waals surface area contributed by atoms with Crippen LogP contribution in [0.1, 0.15) is 5.56 Å². The van der Waals surface area contributed by atoms with E-state index in [1.54, 1.807) is 12.1 Å². The fourth-order valence-corrected chi connectivity index (χ4v) is 2.28.